The van der Waals surface area contributed by atoms with E-state index in [2.05, 4.69) is 31.4 Å². The molecule has 0 aliphatic rings. The quantitative estimate of drug-likeness (QED) is 0.692. The van der Waals surface area contributed by atoms with Gasteiger partial charge in [-0.15, -0.1) is 10.2 Å². The summed E-state index contributed by atoms with van der Waals surface area (Å²) in [5.41, 5.74) is 1.91. The molecule has 1 heterocycles. The molecule has 23 heavy (non-hydrogen) atoms. The molecule has 1 N–H and O–H groups in total. The van der Waals surface area contributed by atoms with Crippen molar-refractivity contribution in [3.05, 3.63) is 31.7 Å². The molecule has 0 unspecified atom stereocenters. The molecule has 1 aromatic carbocycles. The number of anilines is 1. The van der Waals surface area contributed by atoms with Gasteiger partial charge in [0.2, 0.25) is 11.0 Å². The van der Waals surface area contributed by atoms with Crippen molar-refractivity contribution < 1.29 is 9.53 Å². The van der Waals surface area contributed by atoms with Gasteiger partial charge in [-0.2, -0.15) is 0 Å². The van der Waals surface area contributed by atoms with Gasteiger partial charge < -0.3 is 10.1 Å². The summed E-state index contributed by atoms with van der Waals surface area (Å²) in [5, 5.41) is 12.5. The van der Waals surface area contributed by atoms with Crippen LogP contribution in [0.25, 0.3) is 0 Å². The SMILES string of the molecule is Cc1nnc(NC(=O)CCCOc2cc(C)c(Cl)c(C)c2Br)s1. The number of aryl methyl sites for hydroxylation is 2. The fourth-order valence-corrected chi connectivity index (χ4v) is 3.25. The number of aromatic nitrogens is 2. The summed E-state index contributed by atoms with van der Waals surface area (Å²) in [6.45, 7) is 6.16. The Morgan fingerprint density at radius 3 is 2.78 bits per heavy atom. The Labute approximate surface area is 152 Å². The van der Waals surface area contributed by atoms with Crippen LogP contribution >= 0.6 is 38.9 Å². The van der Waals surface area contributed by atoms with Crippen LogP contribution in [0.3, 0.4) is 0 Å². The third-order valence-electron chi connectivity index (χ3n) is 3.15. The first-order chi connectivity index (χ1) is 10.9. The van der Waals surface area contributed by atoms with Crippen LogP contribution in [-0.2, 0) is 4.79 Å². The number of nitrogens with one attached hydrogen (secondary N) is 1. The van der Waals surface area contributed by atoms with E-state index in [9.17, 15) is 4.79 Å². The lowest BCUT2D eigenvalue weighted by atomic mass is 10.1. The molecule has 8 heteroatoms. The standard InChI is InChI=1S/C15H17BrClN3O2S/c1-8-7-11(13(16)9(2)14(8)17)22-6-4-5-12(21)18-15-20-19-10(3)23-15/h7H,4-6H2,1-3H3,(H,18,20,21). The van der Waals surface area contributed by atoms with E-state index in [1.807, 2.05) is 26.8 Å². The number of hydrogen-bond acceptors (Lipinski definition) is 5. The molecular formula is C15H17BrClN3O2S. The Hall–Kier alpha value is -1.18. The maximum atomic E-state index is 11.8. The monoisotopic (exact) mass is 417 g/mol. The zero-order valence-corrected chi connectivity index (χ0v) is 16.2. The van der Waals surface area contributed by atoms with Gasteiger partial charge in [0.1, 0.15) is 10.8 Å². The third-order valence-corrected chi connectivity index (χ3v) is 5.47. The first kappa shape index (κ1) is 18.2. The summed E-state index contributed by atoms with van der Waals surface area (Å²) in [5.74, 6) is 0.650. The minimum Gasteiger partial charge on any atom is -0.492 e. The van der Waals surface area contributed by atoms with E-state index in [0.717, 1.165) is 31.4 Å². The van der Waals surface area contributed by atoms with Gasteiger partial charge in [0, 0.05) is 11.4 Å². The molecule has 0 saturated carbocycles. The van der Waals surface area contributed by atoms with Crippen molar-refractivity contribution in [1.29, 1.82) is 0 Å². The molecule has 0 saturated heterocycles. The van der Waals surface area contributed by atoms with Crippen molar-refractivity contribution >= 4 is 49.9 Å². The highest BCUT2D eigenvalue weighted by atomic mass is 79.9. The third kappa shape index (κ3) is 4.89. The van der Waals surface area contributed by atoms with E-state index in [4.69, 9.17) is 16.3 Å². The zero-order valence-electron chi connectivity index (χ0n) is 13.1. The lowest BCUT2D eigenvalue weighted by molar-refractivity contribution is -0.116. The molecule has 2 aromatic rings. The van der Waals surface area contributed by atoms with Crippen LogP contribution in [0, 0.1) is 20.8 Å². The maximum absolute atomic E-state index is 11.8. The second kappa shape index (κ2) is 8.08. The highest BCUT2D eigenvalue weighted by Crippen LogP contribution is 2.35. The van der Waals surface area contributed by atoms with Crippen LogP contribution in [0.15, 0.2) is 10.5 Å². The van der Waals surface area contributed by atoms with Gasteiger partial charge in [-0.3, -0.25) is 4.79 Å². The Morgan fingerprint density at radius 2 is 2.13 bits per heavy atom. The van der Waals surface area contributed by atoms with Crippen molar-refractivity contribution in [2.45, 2.75) is 33.6 Å². The molecule has 1 amide bonds. The van der Waals surface area contributed by atoms with Gasteiger partial charge in [-0.25, -0.2) is 0 Å². The smallest absolute Gasteiger partial charge is 0.226 e. The van der Waals surface area contributed by atoms with Crippen LogP contribution in [0.5, 0.6) is 5.75 Å². The molecule has 0 aliphatic heterocycles. The highest BCUT2D eigenvalue weighted by Gasteiger charge is 2.11. The van der Waals surface area contributed by atoms with Crippen molar-refractivity contribution in [2.75, 3.05) is 11.9 Å². The van der Waals surface area contributed by atoms with Gasteiger partial charge in [0.05, 0.1) is 11.1 Å². The lowest BCUT2D eigenvalue weighted by Crippen LogP contribution is -2.12. The van der Waals surface area contributed by atoms with Crippen LogP contribution in [-0.4, -0.2) is 22.7 Å². The molecule has 124 valence electrons. The Bertz CT molecular complexity index is 721. The first-order valence-electron chi connectivity index (χ1n) is 7.06. The maximum Gasteiger partial charge on any atom is 0.226 e. The fourth-order valence-electron chi connectivity index (χ4n) is 1.95. The molecule has 1 aromatic heterocycles. The number of carbonyl (C=O) groups excluding carboxylic acids is 1. The predicted molar refractivity (Wildman–Crippen MR) is 96.6 cm³/mol. The lowest BCUT2D eigenvalue weighted by Gasteiger charge is -2.13. The molecule has 0 aliphatic carbocycles. The molecular weight excluding hydrogens is 402 g/mol. The van der Waals surface area contributed by atoms with Crippen LogP contribution in [0.1, 0.15) is 29.0 Å². The first-order valence-corrected chi connectivity index (χ1v) is 9.05. The molecule has 0 spiro atoms. The Balaban J connectivity index is 1.80. The molecule has 0 atom stereocenters. The minimum atomic E-state index is -0.0905. The fraction of sp³-hybridized carbons (Fsp3) is 0.400. The summed E-state index contributed by atoms with van der Waals surface area (Å²) in [7, 11) is 0. The minimum absolute atomic E-state index is 0.0905. The number of nitrogens with zero attached hydrogens (tertiary/aromatic N) is 2. The van der Waals surface area contributed by atoms with Gasteiger partial charge >= 0.3 is 0 Å². The summed E-state index contributed by atoms with van der Waals surface area (Å²) in [6, 6.07) is 1.89. The average molecular weight is 419 g/mol. The van der Waals surface area contributed by atoms with Crippen molar-refractivity contribution in [1.82, 2.24) is 10.2 Å². The number of rotatable bonds is 6. The number of benzene rings is 1. The highest BCUT2D eigenvalue weighted by molar-refractivity contribution is 9.10. The van der Waals surface area contributed by atoms with E-state index in [0.29, 0.717) is 24.6 Å². The van der Waals surface area contributed by atoms with Crippen molar-refractivity contribution in [3.8, 4) is 5.75 Å². The van der Waals surface area contributed by atoms with E-state index >= 15 is 0 Å². The number of halogens is 2. The summed E-state index contributed by atoms with van der Waals surface area (Å²) in [6.07, 6.45) is 0.971. The molecule has 5 nitrogen and oxygen atoms in total. The Kier molecular flexibility index (Phi) is 6.38. The van der Waals surface area contributed by atoms with E-state index in [1.54, 1.807) is 0 Å². The van der Waals surface area contributed by atoms with Crippen molar-refractivity contribution in [2.24, 2.45) is 0 Å². The molecule has 0 fully saturated rings. The van der Waals surface area contributed by atoms with Crippen LogP contribution < -0.4 is 10.1 Å². The second-order valence-electron chi connectivity index (χ2n) is 5.07. The topological polar surface area (TPSA) is 64.1 Å². The summed E-state index contributed by atoms with van der Waals surface area (Å²) in [4.78, 5) is 11.8. The van der Waals surface area contributed by atoms with Crippen LogP contribution in [0.4, 0.5) is 5.13 Å². The number of hydrogen-bond donors (Lipinski definition) is 1. The Morgan fingerprint density at radius 1 is 1.39 bits per heavy atom. The van der Waals surface area contributed by atoms with E-state index in [1.165, 1.54) is 11.3 Å². The summed E-state index contributed by atoms with van der Waals surface area (Å²) < 4.78 is 6.60. The van der Waals surface area contributed by atoms with Gasteiger partial charge in [-0.05, 0) is 60.3 Å². The van der Waals surface area contributed by atoms with Crippen LogP contribution in [0.2, 0.25) is 5.02 Å². The molecule has 0 bridgehead atoms. The molecule has 2 rings (SSSR count). The van der Waals surface area contributed by atoms with Gasteiger partial charge in [-0.1, -0.05) is 22.9 Å². The molecule has 0 radical (unpaired) electrons. The van der Waals surface area contributed by atoms with E-state index < -0.39 is 0 Å². The number of amides is 1. The number of carbonyl (C=O) groups is 1. The van der Waals surface area contributed by atoms with Gasteiger partial charge in [0.15, 0.2) is 0 Å². The van der Waals surface area contributed by atoms with Gasteiger partial charge in [0.25, 0.3) is 0 Å². The summed E-state index contributed by atoms with van der Waals surface area (Å²) >= 11 is 11.0. The predicted octanol–water partition coefficient (Wildman–Crippen LogP) is 4.68. The normalized spacial score (nSPS) is 10.7. The number of ether oxygens (including phenoxy) is 1. The second-order valence-corrected chi connectivity index (χ2v) is 7.42. The average Bonchev–Trinajstić information content (AvgIpc) is 2.91. The zero-order chi connectivity index (χ0) is 17.0. The largest absolute Gasteiger partial charge is 0.492 e. The van der Waals surface area contributed by atoms with E-state index in [-0.39, 0.29) is 5.91 Å². The van der Waals surface area contributed by atoms with Crippen molar-refractivity contribution in [3.63, 3.8) is 0 Å².